The van der Waals surface area contributed by atoms with Gasteiger partial charge in [0.25, 0.3) is 0 Å². The molecule has 4 amide bonds. The Bertz CT molecular complexity index is 2950. The lowest BCUT2D eigenvalue weighted by Gasteiger charge is -2.51. The molecule has 0 aliphatic carbocycles. The average Bonchev–Trinajstić information content (AvgIpc) is 0.768. The van der Waals surface area contributed by atoms with E-state index >= 15 is 0 Å². The van der Waals surface area contributed by atoms with Crippen LogP contribution >= 0.6 is 0 Å². The highest BCUT2D eigenvalue weighted by molar-refractivity contribution is 5.74. The van der Waals surface area contributed by atoms with Crippen LogP contribution in [0.5, 0.6) is 0 Å². The smallest absolute Gasteiger partial charge is 0.217 e. The van der Waals surface area contributed by atoms with Crippen molar-refractivity contribution < 1.29 is 222 Å². The summed E-state index contributed by atoms with van der Waals surface area (Å²) < 4.78 is 101. The molecule has 0 aromatic heterocycles. The largest absolute Gasteiger partial charge is 0.394 e. The predicted octanol–water partition coefficient (Wildman–Crippen LogP) is -19.0. The summed E-state index contributed by atoms with van der Waals surface area (Å²) >= 11 is 0. The Morgan fingerprint density at radius 1 is 0.252 bits per heavy atom. The number of carbonyl (C=O) groups is 4. The monoisotopic (exact) mass is 1620 g/mol. The van der Waals surface area contributed by atoms with Crippen molar-refractivity contribution in [3.05, 3.63) is 0 Å². The van der Waals surface area contributed by atoms with E-state index in [0.29, 0.717) is 0 Å². The van der Waals surface area contributed by atoms with E-state index in [1.807, 2.05) is 0 Å². The van der Waals surface area contributed by atoms with Gasteiger partial charge >= 0.3 is 0 Å². The number of nitrogens with one attached hydrogen (secondary N) is 4. The van der Waals surface area contributed by atoms with Crippen LogP contribution in [0.25, 0.3) is 0 Å². The normalized spacial score (nSPS) is 49.3. The highest BCUT2D eigenvalue weighted by Crippen LogP contribution is 2.40. The van der Waals surface area contributed by atoms with E-state index < -0.39 is 353 Å². The van der Waals surface area contributed by atoms with Crippen molar-refractivity contribution in [3.63, 3.8) is 0 Å². The van der Waals surface area contributed by atoms with Gasteiger partial charge in [-0.05, 0) is 6.92 Å². The molecule has 9 fully saturated rings. The first kappa shape index (κ1) is 91.1. The van der Waals surface area contributed by atoms with Crippen LogP contribution in [-0.2, 0) is 99.7 Å². The number of ether oxygens (including phenoxy) is 17. The zero-order valence-corrected chi connectivity index (χ0v) is 59.9. The van der Waals surface area contributed by atoms with Gasteiger partial charge in [-0.15, -0.1) is 0 Å². The summed E-state index contributed by atoms with van der Waals surface area (Å²) in [6, 6.07) is -7.40. The van der Waals surface area contributed by atoms with E-state index in [4.69, 9.17) is 80.5 Å². The third kappa shape index (κ3) is 20.3. The molecule has 0 aromatic rings. The van der Waals surface area contributed by atoms with E-state index in [0.717, 1.165) is 27.7 Å². The molecule has 9 heterocycles. The molecule has 1 unspecified atom stereocenters. The molecule has 642 valence electrons. The zero-order chi connectivity index (χ0) is 81.8. The molecule has 9 aliphatic heterocycles. The Labute approximate surface area is 629 Å². The summed E-state index contributed by atoms with van der Waals surface area (Å²) in [7, 11) is 0. The van der Waals surface area contributed by atoms with Crippen LogP contribution in [0, 0.1) is 0 Å². The fourth-order valence-electron chi connectivity index (χ4n) is 14.3. The van der Waals surface area contributed by atoms with Crippen LogP contribution in [0.4, 0.5) is 0 Å². The van der Waals surface area contributed by atoms with Gasteiger partial charge in [0.15, 0.2) is 56.6 Å². The second kappa shape index (κ2) is 39.7. The van der Waals surface area contributed by atoms with E-state index in [2.05, 4.69) is 21.3 Å². The van der Waals surface area contributed by atoms with Gasteiger partial charge in [0.05, 0.1) is 59.0 Å². The van der Waals surface area contributed by atoms with E-state index in [1.165, 1.54) is 6.92 Å². The van der Waals surface area contributed by atoms with Crippen molar-refractivity contribution in [3.8, 4) is 0 Å². The maximum Gasteiger partial charge on any atom is 0.217 e. The molecule has 45 atom stereocenters. The lowest BCUT2D eigenvalue weighted by Crippen LogP contribution is -2.71. The van der Waals surface area contributed by atoms with Gasteiger partial charge in [-0.25, -0.2) is 0 Å². The second-order valence-corrected chi connectivity index (χ2v) is 28.2. The third-order valence-electron chi connectivity index (χ3n) is 20.3. The number of aliphatic hydroxyl groups is 24. The molecular formula is C62H104N4O45. The first-order valence-corrected chi connectivity index (χ1v) is 35.5. The predicted molar refractivity (Wildman–Crippen MR) is 342 cm³/mol. The molecule has 111 heavy (non-hydrogen) atoms. The number of hydrogen-bond acceptors (Lipinski definition) is 45. The summed E-state index contributed by atoms with van der Waals surface area (Å²) in [6.07, 6.45) is -83.4. The molecule has 28 N–H and O–H groups in total. The fraction of sp³-hybridized carbons (Fsp3) is 0.935. The van der Waals surface area contributed by atoms with Gasteiger partial charge in [0, 0.05) is 27.7 Å². The van der Waals surface area contributed by atoms with Crippen molar-refractivity contribution >= 4 is 23.6 Å². The molecule has 0 saturated carbocycles. The highest BCUT2D eigenvalue weighted by Gasteiger charge is 2.61. The molecule has 0 bridgehead atoms. The number of hydrogen-bond donors (Lipinski definition) is 28. The Kier molecular flexibility index (Phi) is 32.6. The maximum atomic E-state index is 13.2. The van der Waals surface area contributed by atoms with Crippen molar-refractivity contribution in [2.45, 2.75) is 311 Å². The van der Waals surface area contributed by atoms with Gasteiger partial charge in [-0.3, -0.25) is 19.2 Å². The molecule has 49 nitrogen and oxygen atoms in total. The standard InChI is InChI=1S/C62H104N4O45/c1-14-31(77)41(87)45(91)58(97-14)95-13-26-50(38(84)27(54(94)98-26)63-15(2)73)106-56-29(65-17(4)75)39(85)49(24(11-72)103-56)108-60-47(93)51(36(82)25(105-60)12-96-61-52(43(89)34(80)21(8-69)101-61)110-55-28(64-16(3)74)37(83)32(78)19(6-67)99-55)109-62-53(44(90)35(81)22(9-70)102-62)111-57-30(66-18(5)76)40(86)48(23(10-71)104-57)107-59-46(92)42(88)33(79)20(7-68)100-59/h14,19-62,67-72,77-94H,6-13H2,1-5H3,(H,63,73)(H,64,74)(H,65,75)(H,66,76)/t14-,19+,20+,21+,22+,23+,24+,25+,26+,27+,28+,29+,30+,31+,32+,33-,34+,35+,36+,37+,38+,39+,40+,41+,42-,43-,44-,45-,46+,47-,48+,49+,50+,51-,52-,53-,54?,55-,56-,57-,58+,59-,60-,61-,62+/m0/s1. The average molecular weight is 1630 g/mol. The lowest BCUT2D eigenvalue weighted by molar-refractivity contribution is -0.398. The van der Waals surface area contributed by atoms with Gasteiger partial charge in [-0.2, -0.15) is 0 Å². The summed E-state index contributed by atoms with van der Waals surface area (Å²) in [5, 5.41) is 276. The van der Waals surface area contributed by atoms with Gasteiger partial charge in [0.2, 0.25) is 23.6 Å². The minimum absolute atomic E-state index is 0.828. The first-order chi connectivity index (χ1) is 52.4. The number of aliphatic hydroxyl groups excluding tert-OH is 24. The Morgan fingerprint density at radius 3 is 1.03 bits per heavy atom. The second-order valence-electron chi connectivity index (χ2n) is 28.2. The van der Waals surface area contributed by atoms with Crippen LogP contribution in [0.2, 0.25) is 0 Å². The zero-order valence-electron chi connectivity index (χ0n) is 59.9. The van der Waals surface area contributed by atoms with Gasteiger partial charge in [-0.1, -0.05) is 0 Å². The molecule has 0 radical (unpaired) electrons. The molecule has 49 heteroatoms. The molecule has 9 saturated heterocycles. The van der Waals surface area contributed by atoms with Crippen LogP contribution in [0.15, 0.2) is 0 Å². The SMILES string of the molecule is CC(=O)N[C@H]1[C@H](O[C@H]2[C@H](O)[C@@H](NC(C)=O)C(O)O[C@@H]2CO[C@@H]2O[C@@H](C)[C@@H](O)[C@@H](O)[C@@H]2O)O[C@H](CO)[C@@H](O[C@@H]2O[C@H](CO[C@H]3O[C@H](CO)[C@@H](O)[C@H](O)[C@@H]3O[C@@H]3O[C@H](CO)[C@@H](O)[C@H](O)[C@H]3NC(C)=O)[C@@H](O)[C@H](O[C@H]3O[C@H](CO)[C@@H](O)[C@H](O)[C@@H]3O[C@@H]3O[C@H](CO)[C@@H](O[C@@H]4O[C@H](CO)[C@H](O)[C@H](O)[C@H]4O)[C@H](O)[C@H]3NC(C)=O)[C@@H]2O)[C@@H]1O. The topological polar surface area (TPSA) is 759 Å². The van der Waals surface area contributed by atoms with Gasteiger partial charge in [0.1, 0.15) is 213 Å². The van der Waals surface area contributed by atoms with Crippen molar-refractivity contribution in [1.29, 1.82) is 0 Å². The molecule has 0 spiro atoms. The molecular weight excluding hydrogens is 1520 g/mol. The van der Waals surface area contributed by atoms with Crippen molar-refractivity contribution in [2.24, 2.45) is 0 Å². The minimum atomic E-state index is -2.57. The fourth-order valence-corrected chi connectivity index (χ4v) is 14.3. The maximum absolute atomic E-state index is 13.2. The van der Waals surface area contributed by atoms with E-state index in [-0.39, 0.29) is 0 Å². The number of carbonyl (C=O) groups excluding carboxylic acids is 4. The quantitative estimate of drug-likeness (QED) is 0.0346. The summed E-state index contributed by atoms with van der Waals surface area (Å²) in [5.41, 5.74) is 0. The number of rotatable bonds is 28. The lowest BCUT2D eigenvalue weighted by atomic mass is 9.93. The van der Waals surface area contributed by atoms with Crippen molar-refractivity contribution in [2.75, 3.05) is 52.9 Å². The summed E-state index contributed by atoms with van der Waals surface area (Å²) in [5.74, 6) is -3.59. The van der Waals surface area contributed by atoms with Gasteiger partial charge < -0.3 is 224 Å². The Morgan fingerprint density at radius 2 is 0.559 bits per heavy atom. The van der Waals surface area contributed by atoms with Crippen LogP contribution < -0.4 is 21.3 Å². The van der Waals surface area contributed by atoms with Crippen molar-refractivity contribution in [1.82, 2.24) is 21.3 Å². The Hall–Kier alpha value is -3.76. The summed E-state index contributed by atoms with van der Waals surface area (Å²) in [4.78, 5) is 50.9. The minimum Gasteiger partial charge on any atom is -0.394 e. The summed E-state index contributed by atoms with van der Waals surface area (Å²) in [6.45, 7) is -3.36. The third-order valence-corrected chi connectivity index (χ3v) is 20.3. The van der Waals surface area contributed by atoms with E-state index in [9.17, 15) is 142 Å². The molecule has 0 aromatic carbocycles. The van der Waals surface area contributed by atoms with E-state index in [1.54, 1.807) is 0 Å². The van der Waals surface area contributed by atoms with Crippen LogP contribution in [0.3, 0.4) is 0 Å². The van der Waals surface area contributed by atoms with Crippen LogP contribution in [0.1, 0.15) is 34.6 Å². The number of amides is 4. The van der Waals surface area contributed by atoms with Crippen LogP contribution in [-0.4, -0.2) is 475 Å². The highest BCUT2D eigenvalue weighted by atomic mass is 16.8. The first-order valence-electron chi connectivity index (χ1n) is 35.5. The molecule has 9 rings (SSSR count). The Balaban J connectivity index is 1.05. The molecule has 9 aliphatic rings.